The van der Waals surface area contributed by atoms with Crippen molar-refractivity contribution in [1.82, 2.24) is 20.0 Å². The molecule has 166 valence electrons. The van der Waals surface area contributed by atoms with E-state index in [1.165, 1.54) is 6.26 Å². The fourth-order valence-corrected chi connectivity index (χ4v) is 3.43. The molecule has 0 radical (unpaired) electrons. The van der Waals surface area contributed by atoms with Crippen molar-refractivity contribution in [2.45, 2.75) is 45.3 Å². The predicted molar refractivity (Wildman–Crippen MR) is 114 cm³/mol. The van der Waals surface area contributed by atoms with Crippen molar-refractivity contribution >= 4 is 18.0 Å². The second-order valence-corrected chi connectivity index (χ2v) is 8.64. The molecule has 1 aliphatic heterocycles. The second kappa shape index (κ2) is 9.40. The lowest BCUT2D eigenvalue weighted by Gasteiger charge is -2.36. The van der Waals surface area contributed by atoms with Gasteiger partial charge in [-0.2, -0.15) is 0 Å². The van der Waals surface area contributed by atoms with E-state index in [2.05, 4.69) is 15.2 Å². The molecule has 2 aliphatic rings. The maximum absolute atomic E-state index is 12.5. The van der Waals surface area contributed by atoms with Crippen LogP contribution in [0.4, 0.5) is 4.79 Å². The fraction of sp³-hybridized carbons (Fsp3) is 0.667. The van der Waals surface area contributed by atoms with Gasteiger partial charge in [0.15, 0.2) is 11.7 Å². The number of hydrogen-bond donors (Lipinski definition) is 1. The van der Waals surface area contributed by atoms with Crippen LogP contribution in [0.3, 0.4) is 0 Å². The number of nitrogens with zero attached hydrogens (tertiary/aromatic N) is 4. The van der Waals surface area contributed by atoms with E-state index in [-0.39, 0.29) is 18.0 Å². The number of guanidine groups is 1. The number of ether oxygens (including phenoxy) is 1. The van der Waals surface area contributed by atoms with Gasteiger partial charge in [0.1, 0.15) is 5.60 Å². The Balaban J connectivity index is 1.45. The molecule has 1 aromatic heterocycles. The lowest BCUT2D eigenvalue weighted by Crippen LogP contribution is -2.54. The molecule has 3 rings (SSSR count). The highest BCUT2D eigenvalue weighted by atomic mass is 16.6. The quantitative estimate of drug-likeness (QED) is 0.580. The Bertz CT molecular complexity index is 744. The summed E-state index contributed by atoms with van der Waals surface area (Å²) < 4.78 is 10.7. The third-order valence-electron chi connectivity index (χ3n) is 5.06. The number of furan rings is 1. The summed E-state index contributed by atoms with van der Waals surface area (Å²) in [5, 5.41) is 3.35. The average Bonchev–Trinajstić information content (AvgIpc) is 3.38. The van der Waals surface area contributed by atoms with Crippen LogP contribution >= 0.6 is 0 Å². The highest BCUT2D eigenvalue weighted by molar-refractivity contribution is 5.91. The normalized spacial score (nSPS) is 17.7. The summed E-state index contributed by atoms with van der Waals surface area (Å²) in [6.07, 6.45) is 3.31. The standard InChI is InChI=1S/C21H33N5O4/c1-21(2,3)30-20(28)26(16-7-8-16)10-9-23-19(22-4)25-13-11-24(12-14-25)18(27)17-6-5-15-29-17/h5-6,15-16H,7-14H2,1-4H3,(H,22,23). The van der Waals surface area contributed by atoms with Crippen molar-refractivity contribution in [3.8, 4) is 0 Å². The molecular formula is C21H33N5O4. The molecule has 0 bridgehead atoms. The minimum absolute atomic E-state index is 0.0833. The summed E-state index contributed by atoms with van der Waals surface area (Å²) in [6.45, 7) is 9.38. The van der Waals surface area contributed by atoms with E-state index < -0.39 is 5.60 Å². The van der Waals surface area contributed by atoms with Crippen molar-refractivity contribution in [3.05, 3.63) is 24.2 Å². The molecule has 2 amide bonds. The Morgan fingerprint density at radius 3 is 2.43 bits per heavy atom. The molecule has 30 heavy (non-hydrogen) atoms. The first-order chi connectivity index (χ1) is 14.3. The Labute approximate surface area is 178 Å². The lowest BCUT2D eigenvalue weighted by atomic mass is 10.2. The van der Waals surface area contributed by atoms with Crippen LogP contribution in [-0.2, 0) is 4.74 Å². The number of carbonyl (C=O) groups is 2. The van der Waals surface area contributed by atoms with Gasteiger partial charge in [0.25, 0.3) is 5.91 Å². The van der Waals surface area contributed by atoms with Crippen molar-refractivity contribution in [2.75, 3.05) is 46.3 Å². The summed E-state index contributed by atoms with van der Waals surface area (Å²) in [7, 11) is 1.75. The Hall–Kier alpha value is -2.71. The molecule has 9 heteroatoms. The van der Waals surface area contributed by atoms with E-state index in [1.807, 2.05) is 25.7 Å². The molecule has 1 aromatic rings. The fourth-order valence-electron chi connectivity index (χ4n) is 3.43. The van der Waals surface area contributed by atoms with Crippen LogP contribution in [-0.4, -0.2) is 90.6 Å². The maximum atomic E-state index is 12.5. The van der Waals surface area contributed by atoms with Gasteiger partial charge in [0.05, 0.1) is 6.26 Å². The predicted octanol–water partition coefficient (Wildman–Crippen LogP) is 2.01. The summed E-state index contributed by atoms with van der Waals surface area (Å²) in [5.74, 6) is 1.06. The smallest absolute Gasteiger partial charge is 0.410 e. The van der Waals surface area contributed by atoms with E-state index in [0.717, 1.165) is 18.8 Å². The van der Waals surface area contributed by atoms with Crippen molar-refractivity contribution in [1.29, 1.82) is 0 Å². The van der Waals surface area contributed by atoms with E-state index >= 15 is 0 Å². The van der Waals surface area contributed by atoms with Crippen LogP contribution < -0.4 is 5.32 Å². The number of aliphatic imine (C=N–C) groups is 1. The Morgan fingerprint density at radius 2 is 1.90 bits per heavy atom. The first kappa shape index (κ1) is 22.0. The van der Waals surface area contributed by atoms with Crippen LogP contribution in [0.25, 0.3) is 0 Å². The van der Waals surface area contributed by atoms with Crippen LogP contribution in [0.5, 0.6) is 0 Å². The molecule has 0 spiro atoms. The Kier molecular flexibility index (Phi) is 6.89. The van der Waals surface area contributed by atoms with Gasteiger partial charge < -0.3 is 29.2 Å². The number of hydrogen-bond acceptors (Lipinski definition) is 5. The first-order valence-corrected chi connectivity index (χ1v) is 10.6. The summed E-state index contributed by atoms with van der Waals surface area (Å²) in [6, 6.07) is 3.68. The van der Waals surface area contributed by atoms with Gasteiger partial charge in [0, 0.05) is 52.4 Å². The molecule has 0 atom stereocenters. The summed E-state index contributed by atoms with van der Waals surface area (Å²) in [4.78, 5) is 35.0. The zero-order chi connectivity index (χ0) is 21.7. The highest BCUT2D eigenvalue weighted by Crippen LogP contribution is 2.28. The number of rotatable bonds is 5. The molecule has 1 aliphatic carbocycles. The minimum Gasteiger partial charge on any atom is -0.459 e. The number of piperazine rings is 1. The highest BCUT2D eigenvalue weighted by Gasteiger charge is 2.35. The number of nitrogens with one attached hydrogen (secondary N) is 1. The topological polar surface area (TPSA) is 90.6 Å². The molecule has 1 saturated carbocycles. The van der Waals surface area contributed by atoms with Crippen LogP contribution in [0, 0.1) is 0 Å². The van der Waals surface area contributed by atoms with E-state index in [4.69, 9.17) is 9.15 Å². The SMILES string of the molecule is CN=C(NCCN(C(=O)OC(C)(C)C)C1CC1)N1CCN(C(=O)c2ccco2)CC1. The van der Waals surface area contributed by atoms with Crippen LogP contribution in [0.2, 0.25) is 0 Å². The van der Waals surface area contributed by atoms with E-state index in [1.54, 1.807) is 24.1 Å². The summed E-state index contributed by atoms with van der Waals surface area (Å²) in [5.41, 5.74) is -0.500. The van der Waals surface area contributed by atoms with Gasteiger partial charge in [-0.3, -0.25) is 9.79 Å². The van der Waals surface area contributed by atoms with Crippen molar-refractivity contribution < 1.29 is 18.7 Å². The first-order valence-electron chi connectivity index (χ1n) is 10.6. The monoisotopic (exact) mass is 419 g/mol. The molecule has 1 N–H and O–H groups in total. The van der Waals surface area contributed by atoms with Gasteiger partial charge in [-0.1, -0.05) is 0 Å². The largest absolute Gasteiger partial charge is 0.459 e. The number of carbonyl (C=O) groups excluding carboxylic acids is 2. The van der Waals surface area contributed by atoms with Crippen LogP contribution in [0.15, 0.2) is 27.8 Å². The van der Waals surface area contributed by atoms with Crippen molar-refractivity contribution in [2.24, 2.45) is 4.99 Å². The minimum atomic E-state index is -0.500. The van der Waals surface area contributed by atoms with Crippen LogP contribution in [0.1, 0.15) is 44.2 Å². The second-order valence-electron chi connectivity index (χ2n) is 8.64. The molecule has 1 saturated heterocycles. The molecule has 9 nitrogen and oxygen atoms in total. The molecular weight excluding hydrogens is 386 g/mol. The Morgan fingerprint density at radius 1 is 1.23 bits per heavy atom. The van der Waals surface area contributed by atoms with Gasteiger partial charge in [0.2, 0.25) is 0 Å². The number of amides is 2. The van der Waals surface area contributed by atoms with E-state index in [9.17, 15) is 9.59 Å². The van der Waals surface area contributed by atoms with Crippen molar-refractivity contribution in [3.63, 3.8) is 0 Å². The van der Waals surface area contributed by atoms with Gasteiger partial charge in [-0.25, -0.2) is 4.79 Å². The zero-order valence-electron chi connectivity index (χ0n) is 18.4. The van der Waals surface area contributed by atoms with Gasteiger partial charge in [-0.15, -0.1) is 0 Å². The average molecular weight is 420 g/mol. The molecule has 2 fully saturated rings. The summed E-state index contributed by atoms with van der Waals surface area (Å²) >= 11 is 0. The third-order valence-corrected chi connectivity index (χ3v) is 5.06. The molecule has 2 heterocycles. The molecule has 0 unspecified atom stereocenters. The van der Waals surface area contributed by atoms with E-state index in [0.29, 0.717) is 45.0 Å². The third kappa shape index (κ3) is 5.90. The lowest BCUT2D eigenvalue weighted by molar-refractivity contribution is 0.0237. The maximum Gasteiger partial charge on any atom is 0.410 e. The molecule has 0 aromatic carbocycles. The van der Waals surface area contributed by atoms with Gasteiger partial charge in [-0.05, 0) is 45.7 Å². The van der Waals surface area contributed by atoms with Gasteiger partial charge >= 0.3 is 6.09 Å². The zero-order valence-corrected chi connectivity index (χ0v) is 18.4.